The van der Waals surface area contributed by atoms with Crippen LogP contribution in [-0.2, 0) is 0 Å². The summed E-state index contributed by atoms with van der Waals surface area (Å²) in [7, 11) is 1.49. The lowest BCUT2D eigenvalue weighted by Gasteiger charge is -2.09. The fourth-order valence-electron chi connectivity index (χ4n) is 1.59. The van der Waals surface area contributed by atoms with Crippen molar-refractivity contribution in [1.82, 2.24) is 0 Å². The van der Waals surface area contributed by atoms with Gasteiger partial charge in [-0.3, -0.25) is 4.79 Å². The van der Waals surface area contributed by atoms with Gasteiger partial charge in [-0.15, -0.1) is 12.6 Å². The highest BCUT2D eigenvalue weighted by molar-refractivity contribution is 7.80. The van der Waals surface area contributed by atoms with Crippen molar-refractivity contribution < 1.29 is 13.9 Å². The first-order valence-corrected chi connectivity index (χ1v) is 6.47. The number of hydrogen-bond acceptors (Lipinski definition) is 3. The molecule has 2 rings (SSSR count). The van der Waals surface area contributed by atoms with E-state index in [1.54, 1.807) is 18.2 Å². The Morgan fingerprint density at radius 1 is 1.30 bits per heavy atom. The fraction of sp³-hybridized carbons (Fsp3) is 0.0714. The van der Waals surface area contributed by atoms with Gasteiger partial charge >= 0.3 is 0 Å². The van der Waals surface area contributed by atoms with Crippen molar-refractivity contribution in [1.29, 1.82) is 0 Å². The number of anilines is 1. The van der Waals surface area contributed by atoms with E-state index in [1.807, 2.05) is 0 Å². The molecule has 0 spiro atoms. The topological polar surface area (TPSA) is 38.3 Å². The van der Waals surface area contributed by atoms with Crippen LogP contribution in [0.5, 0.6) is 5.75 Å². The molecule has 6 heteroatoms. The van der Waals surface area contributed by atoms with Crippen molar-refractivity contribution in [3.05, 3.63) is 52.8 Å². The van der Waals surface area contributed by atoms with Crippen LogP contribution in [0.2, 0.25) is 5.02 Å². The molecule has 0 aliphatic carbocycles. The third-order valence-corrected chi connectivity index (χ3v) is 3.27. The highest BCUT2D eigenvalue weighted by atomic mass is 35.5. The van der Waals surface area contributed by atoms with Crippen molar-refractivity contribution >= 4 is 35.8 Å². The van der Waals surface area contributed by atoms with Crippen LogP contribution in [0.1, 0.15) is 10.4 Å². The summed E-state index contributed by atoms with van der Waals surface area (Å²) in [6.07, 6.45) is 0. The molecule has 0 unspecified atom stereocenters. The molecule has 1 N–H and O–H groups in total. The summed E-state index contributed by atoms with van der Waals surface area (Å²) in [6.45, 7) is 0. The number of halogens is 2. The van der Waals surface area contributed by atoms with Gasteiger partial charge in [0.2, 0.25) is 0 Å². The number of methoxy groups -OCH3 is 1. The molecule has 0 heterocycles. The third-order valence-electron chi connectivity index (χ3n) is 2.62. The van der Waals surface area contributed by atoms with E-state index in [9.17, 15) is 9.18 Å². The maximum atomic E-state index is 13.1. The Morgan fingerprint density at radius 3 is 2.70 bits per heavy atom. The Balaban J connectivity index is 2.21. The maximum absolute atomic E-state index is 13.1. The minimum atomic E-state index is -0.474. The number of amides is 1. The number of carbonyl (C=O) groups is 1. The average Bonchev–Trinajstić information content (AvgIpc) is 2.43. The SMILES string of the molecule is COc1cc(NC(=O)c2ccc(F)c(S)c2)ccc1Cl. The van der Waals surface area contributed by atoms with Crippen molar-refractivity contribution in [3.63, 3.8) is 0 Å². The zero-order valence-corrected chi connectivity index (χ0v) is 12.1. The van der Waals surface area contributed by atoms with E-state index in [0.29, 0.717) is 22.0 Å². The molecule has 104 valence electrons. The second-order valence-corrected chi connectivity index (χ2v) is 4.86. The minimum absolute atomic E-state index is 0.117. The third kappa shape index (κ3) is 3.23. The van der Waals surface area contributed by atoms with Crippen LogP contribution < -0.4 is 10.1 Å². The van der Waals surface area contributed by atoms with E-state index in [2.05, 4.69) is 17.9 Å². The van der Waals surface area contributed by atoms with Gasteiger partial charge < -0.3 is 10.1 Å². The van der Waals surface area contributed by atoms with Crippen LogP contribution in [-0.4, -0.2) is 13.0 Å². The van der Waals surface area contributed by atoms with Gasteiger partial charge in [0.25, 0.3) is 5.91 Å². The predicted molar refractivity (Wildman–Crippen MR) is 79.6 cm³/mol. The van der Waals surface area contributed by atoms with E-state index < -0.39 is 5.82 Å². The molecular formula is C14H11ClFNO2S. The second kappa shape index (κ2) is 6.15. The lowest BCUT2D eigenvalue weighted by molar-refractivity contribution is 0.102. The van der Waals surface area contributed by atoms with Crippen LogP contribution >= 0.6 is 24.2 Å². The molecular weight excluding hydrogens is 301 g/mol. The van der Waals surface area contributed by atoms with E-state index in [-0.39, 0.29) is 10.8 Å². The van der Waals surface area contributed by atoms with E-state index in [4.69, 9.17) is 16.3 Å². The van der Waals surface area contributed by atoms with Gasteiger partial charge in [0.05, 0.1) is 12.1 Å². The molecule has 0 aliphatic rings. The smallest absolute Gasteiger partial charge is 0.255 e. The Labute approximate surface area is 126 Å². The Kier molecular flexibility index (Phi) is 4.52. The van der Waals surface area contributed by atoms with Crippen LogP contribution in [0.3, 0.4) is 0 Å². The fourth-order valence-corrected chi connectivity index (χ4v) is 2.00. The van der Waals surface area contributed by atoms with E-state index in [0.717, 1.165) is 0 Å². The van der Waals surface area contributed by atoms with Crippen molar-refractivity contribution in [2.24, 2.45) is 0 Å². The lowest BCUT2D eigenvalue weighted by Crippen LogP contribution is -2.12. The number of hydrogen-bond donors (Lipinski definition) is 2. The highest BCUT2D eigenvalue weighted by Gasteiger charge is 2.10. The number of rotatable bonds is 3. The largest absolute Gasteiger partial charge is 0.495 e. The van der Waals surface area contributed by atoms with Crippen LogP contribution in [0.15, 0.2) is 41.3 Å². The Morgan fingerprint density at radius 2 is 2.05 bits per heavy atom. The van der Waals surface area contributed by atoms with Crippen LogP contribution in [0.25, 0.3) is 0 Å². The van der Waals surface area contributed by atoms with Gasteiger partial charge in [-0.25, -0.2) is 4.39 Å². The number of carbonyl (C=O) groups excluding carboxylic acids is 1. The molecule has 0 saturated heterocycles. The van der Waals surface area contributed by atoms with Gasteiger partial charge in [-0.2, -0.15) is 0 Å². The summed E-state index contributed by atoms with van der Waals surface area (Å²) in [5.74, 6) is -0.388. The summed E-state index contributed by atoms with van der Waals surface area (Å²) in [4.78, 5) is 12.1. The average molecular weight is 312 g/mol. The molecule has 0 fully saturated rings. The quantitative estimate of drug-likeness (QED) is 0.840. The van der Waals surface area contributed by atoms with Gasteiger partial charge in [-0.1, -0.05) is 11.6 Å². The van der Waals surface area contributed by atoms with Gasteiger partial charge in [0.1, 0.15) is 11.6 Å². The Bertz CT molecular complexity index is 664. The zero-order valence-electron chi connectivity index (χ0n) is 10.5. The first-order chi connectivity index (χ1) is 9.51. The van der Waals surface area contributed by atoms with Gasteiger partial charge in [0, 0.05) is 22.2 Å². The van der Waals surface area contributed by atoms with Gasteiger partial charge in [-0.05, 0) is 30.3 Å². The molecule has 0 radical (unpaired) electrons. The summed E-state index contributed by atoms with van der Waals surface area (Å²) < 4.78 is 18.2. The van der Waals surface area contributed by atoms with Crippen molar-refractivity contribution in [2.75, 3.05) is 12.4 Å². The first kappa shape index (κ1) is 14.7. The maximum Gasteiger partial charge on any atom is 0.255 e. The molecule has 0 atom stereocenters. The molecule has 3 nitrogen and oxygen atoms in total. The standard InChI is InChI=1S/C14H11ClFNO2S/c1-19-12-7-9(3-4-10(12)15)17-14(18)8-2-5-11(16)13(20)6-8/h2-7,20H,1H3,(H,17,18). The molecule has 2 aromatic carbocycles. The summed E-state index contributed by atoms with van der Waals surface area (Å²) in [5.41, 5.74) is 0.839. The monoisotopic (exact) mass is 311 g/mol. The minimum Gasteiger partial charge on any atom is -0.495 e. The lowest BCUT2D eigenvalue weighted by atomic mass is 10.2. The second-order valence-electron chi connectivity index (χ2n) is 3.97. The normalized spacial score (nSPS) is 10.2. The van der Waals surface area contributed by atoms with Crippen molar-refractivity contribution in [3.8, 4) is 5.75 Å². The molecule has 0 saturated carbocycles. The van der Waals surface area contributed by atoms with Crippen molar-refractivity contribution in [2.45, 2.75) is 4.90 Å². The van der Waals surface area contributed by atoms with E-state index in [1.165, 1.54) is 25.3 Å². The summed E-state index contributed by atoms with van der Waals surface area (Å²) >= 11 is 9.84. The zero-order chi connectivity index (χ0) is 14.7. The van der Waals surface area contributed by atoms with Crippen LogP contribution in [0, 0.1) is 5.82 Å². The molecule has 0 bridgehead atoms. The van der Waals surface area contributed by atoms with Gasteiger partial charge in [0.15, 0.2) is 0 Å². The predicted octanol–water partition coefficient (Wildman–Crippen LogP) is 4.03. The highest BCUT2D eigenvalue weighted by Crippen LogP contribution is 2.27. The van der Waals surface area contributed by atoms with Crippen LogP contribution in [0.4, 0.5) is 10.1 Å². The molecule has 1 amide bonds. The summed E-state index contributed by atoms with van der Waals surface area (Å²) in [6, 6.07) is 8.81. The Hall–Kier alpha value is -1.72. The number of thiol groups is 1. The number of benzene rings is 2. The van der Waals surface area contributed by atoms with E-state index >= 15 is 0 Å². The molecule has 0 aromatic heterocycles. The summed E-state index contributed by atoms with van der Waals surface area (Å²) in [5, 5.41) is 3.12. The molecule has 2 aromatic rings. The number of nitrogens with one attached hydrogen (secondary N) is 1. The first-order valence-electron chi connectivity index (χ1n) is 5.64. The molecule has 0 aliphatic heterocycles. The number of ether oxygens (including phenoxy) is 1. The molecule has 20 heavy (non-hydrogen) atoms.